The zero-order valence-corrected chi connectivity index (χ0v) is 13.6. The van der Waals surface area contributed by atoms with Crippen molar-refractivity contribution < 1.29 is 4.79 Å². The van der Waals surface area contributed by atoms with Crippen LogP contribution >= 0.6 is 39.0 Å². The number of nitrogens with one attached hydrogen (secondary N) is 1. The first kappa shape index (κ1) is 14.6. The number of thioether (sulfide) groups is 1. The van der Waals surface area contributed by atoms with Crippen LogP contribution in [0.2, 0.25) is 0 Å². The summed E-state index contributed by atoms with van der Waals surface area (Å²) in [5, 5.41) is 5.35. The van der Waals surface area contributed by atoms with Gasteiger partial charge in [0.25, 0.3) is 0 Å². The predicted molar refractivity (Wildman–Crippen MR) is 85.6 cm³/mol. The third-order valence-corrected chi connectivity index (χ3v) is 4.64. The van der Waals surface area contributed by atoms with E-state index < -0.39 is 0 Å². The zero-order chi connectivity index (χ0) is 13.7. The number of benzene rings is 1. The standard InChI is InChI=1S/C13H13BrN2OS2/c1-9(17)15-13-16-12(8-19-13)7-18-6-10-2-4-11(14)5-3-10/h2-5,8H,6-7H2,1H3,(H,15,16,17). The van der Waals surface area contributed by atoms with E-state index in [1.54, 1.807) is 0 Å². The summed E-state index contributed by atoms with van der Waals surface area (Å²) in [7, 11) is 0. The van der Waals surface area contributed by atoms with E-state index in [0.29, 0.717) is 5.13 Å². The SMILES string of the molecule is CC(=O)Nc1nc(CSCc2ccc(Br)cc2)cs1. The molecule has 0 saturated carbocycles. The minimum Gasteiger partial charge on any atom is -0.302 e. The fraction of sp³-hybridized carbons (Fsp3) is 0.231. The number of thiazole rings is 1. The van der Waals surface area contributed by atoms with Crippen LogP contribution < -0.4 is 5.32 Å². The monoisotopic (exact) mass is 356 g/mol. The Kier molecular flexibility index (Phi) is 5.42. The molecule has 6 heteroatoms. The van der Waals surface area contributed by atoms with Crippen molar-refractivity contribution >= 4 is 50.1 Å². The summed E-state index contributed by atoms with van der Waals surface area (Å²) in [6, 6.07) is 8.32. The molecule has 1 N–H and O–H groups in total. The van der Waals surface area contributed by atoms with Crippen LogP contribution in [0.1, 0.15) is 18.2 Å². The quantitative estimate of drug-likeness (QED) is 0.868. The lowest BCUT2D eigenvalue weighted by Crippen LogP contribution is -2.05. The first-order valence-electron chi connectivity index (χ1n) is 5.67. The largest absolute Gasteiger partial charge is 0.302 e. The molecule has 0 radical (unpaired) electrons. The molecule has 1 aromatic heterocycles. The highest BCUT2D eigenvalue weighted by Crippen LogP contribution is 2.22. The highest BCUT2D eigenvalue weighted by molar-refractivity contribution is 9.10. The Morgan fingerprint density at radius 2 is 2.11 bits per heavy atom. The van der Waals surface area contributed by atoms with Crippen LogP contribution in [0.25, 0.3) is 0 Å². The highest BCUT2D eigenvalue weighted by Gasteiger charge is 2.03. The summed E-state index contributed by atoms with van der Waals surface area (Å²) < 4.78 is 1.10. The molecule has 0 aliphatic rings. The van der Waals surface area contributed by atoms with Gasteiger partial charge in [0.05, 0.1) is 5.69 Å². The maximum Gasteiger partial charge on any atom is 0.223 e. The van der Waals surface area contributed by atoms with Gasteiger partial charge in [-0.25, -0.2) is 4.98 Å². The smallest absolute Gasteiger partial charge is 0.223 e. The first-order valence-corrected chi connectivity index (χ1v) is 8.50. The van der Waals surface area contributed by atoms with Crippen LogP contribution in [0.4, 0.5) is 5.13 Å². The van der Waals surface area contributed by atoms with Crippen LogP contribution in [0, 0.1) is 0 Å². The van der Waals surface area contributed by atoms with Crippen LogP contribution in [0.3, 0.4) is 0 Å². The fourth-order valence-corrected chi connectivity index (χ4v) is 3.45. The maximum absolute atomic E-state index is 10.9. The van der Waals surface area contributed by atoms with E-state index in [1.807, 2.05) is 29.3 Å². The van der Waals surface area contributed by atoms with Crippen LogP contribution in [0.15, 0.2) is 34.1 Å². The molecule has 2 rings (SSSR count). The van der Waals surface area contributed by atoms with E-state index in [9.17, 15) is 4.79 Å². The van der Waals surface area contributed by atoms with E-state index in [2.05, 4.69) is 38.4 Å². The van der Waals surface area contributed by atoms with Crippen molar-refractivity contribution in [2.75, 3.05) is 5.32 Å². The van der Waals surface area contributed by atoms with Gasteiger partial charge < -0.3 is 5.32 Å². The van der Waals surface area contributed by atoms with Gasteiger partial charge in [0, 0.05) is 28.3 Å². The highest BCUT2D eigenvalue weighted by atomic mass is 79.9. The predicted octanol–water partition coefficient (Wildman–Crippen LogP) is 4.30. The van der Waals surface area contributed by atoms with E-state index in [-0.39, 0.29) is 5.91 Å². The van der Waals surface area contributed by atoms with Gasteiger partial charge in [-0.05, 0) is 17.7 Å². The molecule has 0 saturated heterocycles. The lowest BCUT2D eigenvalue weighted by molar-refractivity contribution is -0.114. The number of amides is 1. The molecule has 0 fully saturated rings. The fourth-order valence-electron chi connectivity index (χ4n) is 1.44. The summed E-state index contributed by atoms with van der Waals surface area (Å²) in [6.07, 6.45) is 0. The Morgan fingerprint density at radius 3 is 2.79 bits per heavy atom. The van der Waals surface area contributed by atoms with E-state index in [4.69, 9.17) is 0 Å². The van der Waals surface area contributed by atoms with Crippen LogP contribution in [0.5, 0.6) is 0 Å². The second kappa shape index (κ2) is 7.07. The van der Waals surface area contributed by atoms with Gasteiger partial charge in [-0.15, -0.1) is 11.3 Å². The summed E-state index contributed by atoms with van der Waals surface area (Å²) in [5.41, 5.74) is 2.31. The third-order valence-electron chi connectivity index (χ3n) is 2.27. The number of halogens is 1. The van der Waals surface area contributed by atoms with Crippen molar-refractivity contribution in [3.8, 4) is 0 Å². The molecule has 0 atom stereocenters. The molecule has 1 amide bonds. The lowest BCUT2D eigenvalue weighted by atomic mass is 10.2. The van der Waals surface area contributed by atoms with Crippen molar-refractivity contribution in [3.63, 3.8) is 0 Å². The Morgan fingerprint density at radius 1 is 1.37 bits per heavy atom. The number of hydrogen-bond donors (Lipinski definition) is 1. The molecule has 0 bridgehead atoms. The molecular weight excluding hydrogens is 344 g/mol. The number of nitrogens with zero attached hydrogens (tertiary/aromatic N) is 1. The second-order valence-corrected chi connectivity index (χ2v) is 6.70. The second-order valence-electron chi connectivity index (χ2n) is 3.94. The van der Waals surface area contributed by atoms with Gasteiger partial charge in [-0.3, -0.25) is 4.79 Å². The molecule has 0 spiro atoms. The summed E-state index contributed by atoms with van der Waals surface area (Å²) in [5.74, 6) is 1.73. The van der Waals surface area contributed by atoms with Crippen molar-refractivity contribution in [3.05, 3.63) is 45.4 Å². The van der Waals surface area contributed by atoms with Gasteiger partial charge in [0.1, 0.15) is 0 Å². The van der Waals surface area contributed by atoms with Crippen LogP contribution in [-0.2, 0) is 16.3 Å². The van der Waals surface area contributed by atoms with Gasteiger partial charge in [-0.1, -0.05) is 28.1 Å². The average molecular weight is 357 g/mol. The molecule has 3 nitrogen and oxygen atoms in total. The lowest BCUT2D eigenvalue weighted by Gasteiger charge is -2.00. The van der Waals surface area contributed by atoms with Crippen molar-refractivity contribution in [2.45, 2.75) is 18.4 Å². The van der Waals surface area contributed by atoms with Crippen LogP contribution in [-0.4, -0.2) is 10.9 Å². The molecule has 2 aromatic rings. The molecular formula is C13H13BrN2OS2. The third kappa shape index (κ3) is 4.97. The van der Waals surface area contributed by atoms with Crippen molar-refractivity contribution in [1.29, 1.82) is 0 Å². The maximum atomic E-state index is 10.9. The van der Waals surface area contributed by atoms with E-state index in [1.165, 1.54) is 23.8 Å². The van der Waals surface area contributed by atoms with Gasteiger partial charge in [0.2, 0.25) is 5.91 Å². The minimum absolute atomic E-state index is 0.0802. The summed E-state index contributed by atoms with van der Waals surface area (Å²) >= 11 is 6.70. The summed E-state index contributed by atoms with van der Waals surface area (Å²) in [4.78, 5) is 15.2. The van der Waals surface area contributed by atoms with Crippen molar-refractivity contribution in [1.82, 2.24) is 4.98 Å². The van der Waals surface area contributed by atoms with Gasteiger partial charge >= 0.3 is 0 Å². The molecule has 100 valence electrons. The molecule has 0 unspecified atom stereocenters. The van der Waals surface area contributed by atoms with E-state index >= 15 is 0 Å². The number of anilines is 1. The Labute approximate surface area is 129 Å². The Balaban J connectivity index is 1.80. The average Bonchev–Trinajstić information content (AvgIpc) is 2.78. The van der Waals surface area contributed by atoms with Crippen molar-refractivity contribution in [2.24, 2.45) is 0 Å². The van der Waals surface area contributed by atoms with Gasteiger partial charge in [-0.2, -0.15) is 11.8 Å². The molecule has 0 aliphatic heterocycles. The molecule has 1 aromatic carbocycles. The minimum atomic E-state index is -0.0802. The Bertz CT molecular complexity index is 554. The molecule has 19 heavy (non-hydrogen) atoms. The number of aromatic nitrogens is 1. The first-order chi connectivity index (χ1) is 9.13. The zero-order valence-electron chi connectivity index (χ0n) is 10.4. The Hall–Kier alpha value is -0.850. The number of carbonyl (C=O) groups is 1. The van der Waals surface area contributed by atoms with Gasteiger partial charge in [0.15, 0.2) is 5.13 Å². The topological polar surface area (TPSA) is 42.0 Å². The number of hydrogen-bond acceptors (Lipinski definition) is 4. The number of rotatable bonds is 5. The molecule has 1 heterocycles. The normalized spacial score (nSPS) is 10.4. The summed E-state index contributed by atoms with van der Waals surface area (Å²) in [6.45, 7) is 1.49. The number of carbonyl (C=O) groups excluding carboxylic acids is 1. The molecule has 0 aliphatic carbocycles. The van der Waals surface area contributed by atoms with E-state index in [0.717, 1.165) is 21.7 Å².